The van der Waals surface area contributed by atoms with Gasteiger partial charge in [0.2, 0.25) is 0 Å². The van der Waals surface area contributed by atoms with E-state index in [2.05, 4.69) is 69.8 Å². The summed E-state index contributed by atoms with van der Waals surface area (Å²) in [6, 6.07) is 12.6. The average Bonchev–Trinajstić information content (AvgIpc) is 2.81. The van der Waals surface area contributed by atoms with Gasteiger partial charge in [-0.05, 0) is 0 Å². The molecule has 1 N–H and O–H groups in total. The van der Waals surface area contributed by atoms with Gasteiger partial charge in [0.25, 0.3) is 0 Å². The summed E-state index contributed by atoms with van der Waals surface area (Å²) in [7, 11) is 7.00. The fraction of sp³-hybridized carbons (Fsp3) is 0.421. The number of hydrogen-bond acceptors (Lipinski definition) is 0. The van der Waals surface area contributed by atoms with Gasteiger partial charge in [0.05, 0.1) is 0 Å². The Kier molecular flexibility index (Phi) is 35.2. The maximum atomic E-state index is 6.94. The third-order valence-corrected chi connectivity index (χ3v) is 2.04. The monoisotopic (exact) mass is 501 g/mol. The van der Waals surface area contributed by atoms with Crippen molar-refractivity contribution in [3.05, 3.63) is 72.1 Å². The van der Waals surface area contributed by atoms with Crippen LogP contribution in [0.5, 0.6) is 0 Å². The summed E-state index contributed by atoms with van der Waals surface area (Å²) < 4.78 is 1.16. The van der Waals surface area contributed by atoms with Gasteiger partial charge >= 0.3 is 30.2 Å². The van der Waals surface area contributed by atoms with Crippen molar-refractivity contribution >= 4 is 33.6 Å². The first-order valence-electron chi connectivity index (χ1n) is 6.96. The van der Waals surface area contributed by atoms with Crippen LogP contribution < -0.4 is 0 Å². The van der Waals surface area contributed by atoms with Gasteiger partial charge in [-0.3, -0.25) is 0 Å². The van der Waals surface area contributed by atoms with Crippen molar-refractivity contribution in [2.24, 2.45) is 0 Å². The van der Waals surface area contributed by atoms with Gasteiger partial charge in [0, 0.05) is 0 Å². The van der Waals surface area contributed by atoms with Crippen LogP contribution in [0.2, 0.25) is 0 Å². The molecule has 0 aliphatic rings. The number of nitrogens with zero attached hydrogens (tertiary/aromatic N) is 2. The first-order chi connectivity index (χ1) is 10.7. The average molecular weight is 504 g/mol. The summed E-state index contributed by atoms with van der Waals surface area (Å²) in [5.41, 5.74) is 6.69. The molecule has 2 radical (unpaired) electrons. The van der Waals surface area contributed by atoms with Crippen LogP contribution >= 0.6 is 15.9 Å². The summed E-state index contributed by atoms with van der Waals surface area (Å²) >= 11 is 4.78. The van der Waals surface area contributed by atoms with E-state index >= 15 is 0 Å². The number of nitrogens with one attached hydrogen (secondary N) is 1. The van der Waals surface area contributed by atoms with Gasteiger partial charge in [0.15, 0.2) is 0 Å². The molecule has 0 spiro atoms. The fourth-order valence-corrected chi connectivity index (χ4v) is 1.61. The molecule has 25 heavy (non-hydrogen) atoms. The van der Waals surface area contributed by atoms with Gasteiger partial charge in [-0.25, -0.2) is 0 Å². The standard InChI is InChI=1S/C9H6Br.C4H10N.2C2H6N.2CH3.Si.Zr/c10-9-5-7-3-1-2-4-8(7)6-9;1-4(2,3)5;2*1-3-2;;;;/h1-6H;5H,1-3H3;2*1-2H3;2*1H3;;/q6*-1;;. The first-order valence-corrected chi connectivity index (χ1v) is 11.9. The molecule has 2 aromatic rings. The Bertz CT molecular complexity index is 444. The Morgan fingerprint density at radius 2 is 1.32 bits per heavy atom. The van der Waals surface area contributed by atoms with Crippen LogP contribution in [-0.2, 0) is 23.3 Å². The zero-order valence-corrected chi connectivity index (χ0v) is 22.3. The van der Waals surface area contributed by atoms with Crippen LogP contribution in [0.25, 0.3) is 27.1 Å². The molecule has 3 nitrogen and oxygen atoms in total. The molecule has 0 fully saturated rings. The van der Waals surface area contributed by atoms with E-state index in [-0.39, 0.29) is 20.4 Å². The molecule has 0 aliphatic carbocycles. The van der Waals surface area contributed by atoms with E-state index in [0.29, 0.717) is 0 Å². The van der Waals surface area contributed by atoms with Crippen molar-refractivity contribution in [3.8, 4) is 0 Å². The summed E-state index contributed by atoms with van der Waals surface area (Å²) in [5.74, 6) is 0. The number of rotatable bonds is 0. The van der Waals surface area contributed by atoms with E-state index in [0.717, 1.165) is 4.47 Å². The first kappa shape index (κ1) is 36.2. The van der Waals surface area contributed by atoms with Gasteiger partial charge < -0.3 is 31.2 Å². The summed E-state index contributed by atoms with van der Waals surface area (Å²) in [4.78, 5) is 0. The molecule has 0 heterocycles. The van der Waals surface area contributed by atoms with Crippen molar-refractivity contribution in [1.29, 1.82) is 0 Å². The molecule has 0 saturated heterocycles. The fourth-order valence-electron chi connectivity index (χ4n) is 1.11. The van der Waals surface area contributed by atoms with Crippen LogP contribution in [0.15, 0.2) is 40.9 Å². The zero-order valence-electron chi connectivity index (χ0n) is 17.2. The molecule has 0 unspecified atom stereocenters. The summed E-state index contributed by atoms with van der Waals surface area (Å²) in [5, 5.41) is 9.60. The second kappa shape index (κ2) is 24.3. The van der Waals surface area contributed by atoms with Crippen molar-refractivity contribution in [2.75, 3.05) is 28.2 Å². The maximum absolute atomic E-state index is 6.94. The Morgan fingerprint density at radius 1 is 1.00 bits per heavy atom. The summed E-state index contributed by atoms with van der Waals surface area (Å²) in [6.07, 6.45) is 0. The van der Waals surface area contributed by atoms with Crippen LogP contribution in [0.3, 0.4) is 0 Å². The molecule has 0 aromatic heterocycles. The molecule has 0 saturated carbocycles. The van der Waals surface area contributed by atoms with Gasteiger partial charge in [-0.15, -0.1) is 40.6 Å². The Balaban J connectivity index is -0.0000000772. The molecule has 146 valence electrons. The van der Waals surface area contributed by atoms with E-state index in [1.54, 1.807) is 28.2 Å². The van der Waals surface area contributed by atoms with Crippen molar-refractivity contribution < 1.29 is 23.3 Å². The molecule has 0 bridgehead atoms. The van der Waals surface area contributed by atoms with Gasteiger partial charge in [-0.1, -0.05) is 47.2 Å². The third kappa shape index (κ3) is 32.4. The van der Waals surface area contributed by atoms with E-state index < -0.39 is 0 Å². The number of benzene rings is 1. The van der Waals surface area contributed by atoms with Gasteiger partial charge in [-0.2, -0.15) is 34.3 Å². The topological polar surface area (TPSA) is 52.0 Å². The third-order valence-electron chi connectivity index (χ3n) is 1.58. The molecule has 0 atom stereocenters. The van der Waals surface area contributed by atoms with Crippen LogP contribution in [0, 0.1) is 14.9 Å². The van der Waals surface area contributed by atoms with Crippen LogP contribution in [-0.4, -0.2) is 40.6 Å². The van der Waals surface area contributed by atoms with E-state index in [4.69, 9.17) is 5.73 Å². The number of fused-ring (bicyclic) bond motifs is 1. The number of hydrogen-bond donors (Lipinski definition) is 0. The van der Waals surface area contributed by atoms with Crippen LogP contribution in [0.4, 0.5) is 0 Å². The predicted octanol–water partition coefficient (Wildman–Crippen LogP) is 6.91. The Labute approximate surface area is 182 Å². The molecule has 2 aromatic carbocycles. The van der Waals surface area contributed by atoms with Crippen LogP contribution in [0.1, 0.15) is 20.8 Å². The summed E-state index contributed by atoms with van der Waals surface area (Å²) in [6.45, 7) is 8.62. The van der Waals surface area contributed by atoms with Gasteiger partial charge in [0.1, 0.15) is 0 Å². The second-order valence-electron chi connectivity index (χ2n) is 5.45. The van der Waals surface area contributed by atoms with E-state index in [1.807, 2.05) is 20.8 Å². The molecule has 0 aliphatic heterocycles. The van der Waals surface area contributed by atoms with Crippen molar-refractivity contribution in [2.45, 2.75) is 26.3 Å². The Morgan fingerprint density at radius 3 is 1.64 bits per heavy atom. The molecule has 2 rings (SSSR count). The normalized spacial score (nSPS) is 8.16. The second-order valence-corrected chi connectivity index (χ2v) is 6.36. The SMILES string of the molecule is Brc1cc2ccccc2[cH-]1.CC(C)(C)[NH-].C[N-]C.C[N-]C.[CH3-].[CH3-].[Si]=[Zr]. The van der Waals surface area contributed by atoms with Crippen molar-refractivity contribution in [1.82, 2.24) is 0 Å². The molecule has 0 amide bonds. The zero-order chi connectivity index (χ0) is 18.9. The molecular weight excluding hydrogens is 469 g/mol. The molecule has 6 heteroatoms. The quantitative estimate of drug-likeness (QED) is 0.277. The van der Waals surface area contributed by atoms with E-state index in [1.165, 1.54) is 34.1 Å². The van der Waals surface area contributed by atoms with E-state index in [9.17, 15) is 0 Å². The molecular formula is C19H34BrN3SiZr-6. The predicted molar refractivity (Wildman–Crippen MR) is 120 cm³/mol. The van der Waals surface area contributed by atoms with Crippen molar-refractivity contribution in [3.63, 3.8) is 0 Å². The Hall–Kier alpha value is 0.290. The minimum atomic E-state index is -0.250. The number of halogens is 1. The minimum absolute atomic E-state index is 0.